The highest BCUT2D eigenvalue weighted by Crippen LogP contribution is 2.26. The number of ether oxygens (including phenoxy) is 1. The molecule has 7 heteroatoms. The Hall–Kier alpha value is -2.02. The molecule has 0 radical (unpaired) electrons. The van der Waals surface area contributed by atoms with Crippen LogP contribution in [0.15, 0.2) is 18.6 Å². The number of fused-ring (bicyclic) bond motifs is 1. The lowest BCUT2D eigenvalue weighted by molar-refractivity contribution is 0.0592. The molecule has 0 amide bonds. The van der Waals surface area contributed by atoms with Gasteiger partial charge in [0.2, 0.25) is 5.13 Å². The lowest BCUT2D eigenvalue weighted by Crippen LogP contribution is -2.31. The number of carbonyl (C=O) groups is 1. The van der Waals surface area contributed by atoms with E-state index in [1.807, 2.05) is 6.07 Å². The predicted octanol–water partition coefficient (Wildman–Crippen LogP) is 1.28. The molecule has 2 aromatic heterocycles. The molecule has 0 spiro atoms. The van der Waals surface area contributed by atoms with Gasteiger partial charge in [-0.15, -0.1) is 0 Å². The quantitative estimate of drug-likeness (QED) is 0.770. The summed E-state index contributed by atoms with van der Waals surface area (Å²) >= 11 is 1.38. The summed E-state index contributed by atoms with van der Waals surface area (Å²) in [5, 5.41) is 0.905. The molecule has 19 heavy (non-hydrogen) atoms. The summed E-state index contributed by atoms with van der Waals surface area (Å²) in [5.41, 5.74) is 2.50. The van der Waals surface area contributed by atoms with Gasteiger partial charge in [0.05, 0.1) is 7.11 Å². The average Bonchev–Trinajstić information content (AvgIpc) is 2.99. The minimum atomic E-state index is -0.374. The number of hydrogen-bond donors (Lipinski definition) is 0. The summed E-state index contributed by atoms with van der Waals surface area (Å²) in [7, 11) is 1.37. The van der Waals surface area contributed by atoms with Crippen molar-refractivity contribution in [1.29, 1.82) is 0 Å². The van der Waals surface area contributed by atoms with Gasteiger partial charge < -0.3 is 9.64 Å². The van der Waals surface area contributed by atoms with E-state index in [-0.39, 0.29) is 5.97 Å². The zero-order valence-corrected chi connectivity index (χ0v) is 11.2. The van der Waals surface area contributed by atoms with Crippen molar-refractivity contribution >= 4 is 22.6 Å². The fourth-order valence-electron chi connectivity index (χ4n) is 2.23. The Balaban J connectivity index is 1.92. The normalized spacial score (nSPS) is 14.1. The van der Waals surface area contributed by atoms with Crippen molar-refractivity contribution in [3.63, 3.8) is 0 Å². The fraction of sp³-hybridized carbons (Fsp3) is 0.333. The van der Waals surface area contributed by atoms with Crippen LogP contribution in [-0.2, 0) is 17.7 Å². The van der Waals surface area contributed by atoms with Gasteiger partial charge in [0.15, 0.2) is 5.69 Å². The van der Waals surface area contributed by atoms with Gasteiger partial charge in [0.1, 0.15) is 6.33 Å². The summed E-state index contributed by atoms with van der Waals surface area (Å²) in [6.07, 6.45) is 3.96. The van der Waals surface area contributed by atoms with Crippen LogP contribution in [-0.4, -0.2) is 34.0 Å². The van der Waals surface area contributed by atoms with Gasteiger partial charge >= 0.3 is 5.97 Å². The topological polar surface area (TPSA) is 68.2 Å². The summed E-state index contributed by atoms with van der Waals surface area (Å²) in [5.74, 6) is -0.374. The average molecular weight is 276 g/mol. The van der Waals surface area contributed by atoms with E-state index in [4.69, 9.17) is 4.74 Å². The number of hydrogen-bond acceptors (Lipinski definition) is 7. The molecule has 0 fully saturated rings. The first-order valence-electron chi connectivity index (χ1n) is 5.86. The van der Waals surface area contributed by atoms with Crippen molar-refractivity contribution in [3.05, 3.63) is 35.4 Å². The molecule has 0 saturated heterocycles. The third-order valence-electron chi connectivity index (χ3n) is 3.14. The van der Waals surface area contributed by atoms with Crippen LogP contribution in [0.2, 0.25) is 0 Å². The van der Waals surface area contributed by atoms with E-state index >= 15 is 0 Å². The Morgan fingerprint density at radius 2 is 2.37 bits per heavy atom. The maximum Gasteiger partial charge on any atom is 0.356 e. The first kappa shape index (κ1) is 12.0. The van der Waals surface area contributed by atoms with Crippen molar-refractivity contribution in [1.82, 2.24) is 14.3 Å². The van der Waals surface area contributed by atoms with Crippen molar-refractivity contribution < 1.29 is 9.53 Å². The smallest absolute Gasteiger partial charge is 0.356 e. The lowest BCUT2D eigenvalue weighted by atomic mass is 9.99. The fourth-order valence-corrected chi connectivity index (χ4v) is 2.79. The first-order valence-corrected chi connectivity index (χ1v) is 6.63. The maximum absolute atomic E-state index is 11.7. The van der Waals surface area contributed by atoms with Crippen LogP contribution in [0.1, 0.15) is 21.6 Å². The molecule has 3 heterocycles. The monoisotopic (exact) mass is 276 g/mol. The Morgan fingerprint density at radius 3 is 3.11 bits per heavy atom. The summed E-state index contributed by atoms with van der Waals surface area (Å²) in [6.45, 7) is 1.52. The molecule has 1 aliphatic rings. The molecule has 0 bridgehead atoms. The van der Waals surface area contributed by atoms with Crippen LogP contribution in [0.3, 0.4) is 0 Å². The van der Waals surface area contributed by atoms with Crippen LogP contribution in [0.25, 0.3) is 0 Å². The Labute approximate surface area is 114 Å². The molecule has 0 saturated carbocycles. The van der Waals surface area contributed by atoms with Crippen molar-refractivity contribution in [2.75, 3.05) is 18.6 Å². The van der Waals surface area contributed by atoms with Crippen LogP contribution < -0.4 is 4.90 Å². The number of carbonyl (C=O) groups excluding carboxylic acids is 1. The molecule has 0 N–H and O–H groups in total. The van der Waals surface area contributed by atoms with E-state index in [1.54, 1.807) is 12.5 Å². The van der Waals surface area contributed by atoms with Gasteiger partial charge in [-0.05, 0) is 23.6 Å². The van der Waals surface area contributed by atoms with Gasteiger partial charge in [0, 0.05) is 30.8 Å². The number of pyridine rings is 1. The van der Waals surface area contributed by atoms with Crippen LogP contribution in [0.4, 0.5) is 5.13 Å². The third kappa shape index (κ3) is 2.17. The highest BCUT2D eigenvalue weighted by atomic mass is 32.1. The molecule has 0 atom stereocenters. The molecular formula is C12H12N4O2S. The summed E-state index contributed by atoms with van der Waals surface area (Å²) < 4.78 is 8.78. The van der Waals surface area contributed by atoms with Crippen molar-refractivity contribution in [2.24, 2.45) is 0 Å². The second-order valence-electron chi connectivity index (χ2n) is 4.18. The van der Waals surface area contributed by atoms with Gasteiger partial charge in [-0.3, -0.25) is 0 Å². The number of esters is 1. The number of rotatable bonds is 2. The Bertz CT molecular complexity index is 600. The number of nitrogens with zero attached hydrogens (tertiary/aromatic N) is 4. The van der Waals surface area contributed by atoms with E-state index in [0.717, 1.165) is 35.8 Å². The number of anilines is 1. The standard InChI is InChI=1S/C12H12N4O2S/c1-18-11(17)10-9-3-5-16(12-14-7-15-19-12)6-8(9)2-4-13-10/h2,4,7H,3,5-6H2,1H3. The molecule has 2 aromatic rings. The SMILES string of the molecule is COC(=O)c1nccc2c1CCN(c1ncns1)C2. The van der Waals surface area contributed by atoms with Gasteiger partial charge in [-0.25, -0.2) is 14.8 Å². The number of methoxy groups -OCH3 is 1. The van der Waals surface area contributed by atoms with E-state index in [0.29, 0.717) is 5.69 Å². The predicted molar refractivity (Wildman–Crippen MR) is 70.2 cm³/mol. The maximum atomic E-state index is 11.7. The van der Waals surface area contributed by atoms with E-state index in [2.05, 4.69) is 19.2 Å². The van der Waals surface area contributed by atoms with Gasteiger partial charge in [-0.2, -0.15) is 4.37 Å². The molecule has 1 aliphatic heterocycles. The van der Waals surface area contributed by atoms with Crippen molar-refractivity contribution in [3.8, 4) is 0 Å². The molecule has 0 aromatic carbocycles. The second kappa shape index (κ2) is 4.93. The lowest BCUT2D eigenvalue weighted by Gasteiger charge is -2.28. The summed E-state index contributed by atoms with van der Waals surface area (Å²) in [6, 6.07) is 1.94. The van der Waals surface area contributed by atoms with Crippen molar-refractivity contribution in [2.45, 2.75) is 13.0 Å². The highest BCUT2D eigenvalue weighted by Gasteiger charge is 2.24. The number of aromatic nitrogens is 3. The van der Waals surface area contributed by atoms with E-state index in [9.17, 15) is 4.79 Å². The molecular weight excluding hydrogens is 264 g/mol. The van der Waals surface area contributed by atoms with Crippen LogP contribution in [0, 0.1) is 0 Å². The highest BCUT2D eigenvalue weighted by molar-refractivity contribution is 7.09. The molecule has 98 valence electrons. The zero-order valence-electron chi connectivity index (χ0n) is 10.4. The zero-order chi connectivity index (χ0) is 13.2. The first-order chi connectivity index (χ1) is 9.29. The molecule has 3 rings (SSSR count). The molecule has 0 unspecified atom stereocenters. The third-order valence-corrected chi connectivity index (χ3v) is 3.87. The van der Waals surface area contributed by atoms with E-state index in [1.165, 1.54) is 18.6 Å². The second-order valence-corrected chi connectivity index (χ2v) is 4.94. The minimum absolute atomic E-state index is 0.374. The van der Waals surface area contributed by atoms with E-state index < -0.39 is 0 Å². The molecule has 0 aliphatic carbocycles. The van der Waals surface area contributed by atoms with Gasteiger partial charge in [-0.1, -0.05) is 0 Å². The van der Waals surface area contributed by atoms with Gasteiger partial charge in [0.25, 0.3) is 0 Å². The Morgan fingerprint density at radius 1 is 1.47 bits per heavy atom. The largest absolute Gasteiger partial charge is 0.464 e. The molecule has 6 nitrogen and oxygen atoms in total. The Kier molecular flexibility index (Phi) is 3.12. The minimum Gasteiger partial charge on any atom is -0.464 e. The van der Waals surface area contributed by atoms with Crippen LogP contribution >= 0.6 is 11.5 Å². The summed E-state index contributed by atoms with van der Waals surface area (Å²) in [4.78, 5) is 22.2. The van der Waals surface area contributed by atoms with Crippen LogP contribution in [0.5, 0.6) is 0 Å².